The van der Waals surface area contributed by atoms with Gasteiger partial charge in [-0.25, -0.2) is 0 Å². The van der Waals surface area contributed by atoms with Gasteiger partial charge in [0, 0.05) is 0 Å². The summed E-state index contributed by atoms with van der Waals surface area (Å²) < 4.78 is 1.40. The van der Waals surface area contributed by atoms with Crippen LogP contribution in [0.4, 0.5) is 5.69 Å². The van der Waals surface area contributed by atoms with E-state index in [2.05, 4.69) is 5.10 Å². The van der Waals surface area contributed by atoms with Crippen molar-refractivity contribution in [3.8, 4) is 0 Å². The van der Waals surface area contributed by atoms with Crippen LogP contribution in [0.25, 0.3) is 0 Å². The van der Waals surface area contributed by atoms with E-state index in [9.17, 15) is 10.1 Å². The van der Waals surface area contributed by atoms with E-state index in [0.717, 1.165) is 0 Å². The molecule has 1 N–H and O–H groups in total. The fraction of sp³-hybridized carbons (Fsp3) is 0.500. The van der Waals surface area contributed by atoms with E-state index in [4.69, 9.17) is 5.11 Å². The second kappa shape index (κ2) is 3.31. The monoisotopic (exact) mass is 171 g/mol. The van der Waals surface area contributed by atoms with Gasteiger partial charge in [0.05, 0.1) is 18.1 Å². The summed E-state index contributed by atoms with van der Waals surface area (Å²) in [6, 6.07) is 0. The number of aliphatic hydroxyl groups excluding tert-OH is 1. The highest BCUT2D eigenvalue weighted by Crippen LogP contribution is 2.15. The first-order valence-electron chi connectivity index (χ1n) is 3.44. The number of aromatic nitrogens is 2. The zero-order valence-electron chi connectivity index (χ0n) is 6.60. The van der Waals surface area contributed by atoms with Crippen LogP contribution in [0.3, 0.4) is 0 Å². The van der Waals surface area contributed by atoms with Crippen molar-refractivity contribution in [1.29, 1.82) is 0 Å². The van der Waals surface area contributed by atoms with Gasteiger partial charge in [-0.2, -0.15) is 5.10 Å². The molecular formula is C6H9N3O3. The van der Waals surface area contributed by atoms with Crippen LogP contribution in [0.5, 0.6) is 0 Å². The van der Waals surface area contributed by atoms with E-state index in [0.29, 0.717) is 12.2 Å². The highest BCUT2D eigenvalue weighted by atomic mass is 16.6. The molecule has 6 heteroatoms. The third-order valence-electron chi connectivity index (χ3n) is 1.59. The van der Waals surface area contributed by atoms with Gasteiger partial charge in [-0.1, -0.05) is 0 Å². The van der Waals surface area contributed by atoms with Crippen LogP contribution in [-0.2, 0) is 6.54 Å². The molecule has 1 rings (SSSR count). The molecule has 0 radical (unpaired) electrons. The van der Waals surface area contributed by atoms with Gasteiger partial charge in [-0.05, 0) is 6.92 Å². The Kier molecular flexibility index (Phi) is 2.39. The molecule has 1 aromatic heterocycles. The Bertz CT molecular complexity index is 294. The van der Waals surface area contributed by atoms with Gasteiger partial charge in [-0.15, -0.1) is 0 Å². The van der Waals surface area contributed by atoms with Crippen molar-refractivity contribution in [3.05, 3.63) is 22.0 Å². The maximum absolute atomic E-state index is 10.3. The van der Waals surface area contributed by atoms with Crippen molar-refractivity contribution in [2.45, 2.75) is 13.5 Å². The molecule has 0 aliphatic heterocycles. The second-order valence-electron chi connectivity index (χ2n) is 2.32. The molecular weight excluding hydrogens is 162 g/mol. The minimum absolute atomic E-state index is 0.0107. The molecule has 1 aromatic rings. The van der Waals surface area contributed by atoms with Gasteiger partial charge >= 0.3 is 5.69 Å². The summed E-state index contributed by atoms with van der Waals surface area (Å²) in [6.45, 7) is 1.82. The van der Waals surface area contributed by atoms with Gasteiger partial charge in [0.2, 0.25) is 0 Å². The van der Waals surface area contributed by atoms with Crippen LogP contribution in [0, 0.1) is 17.0 Å². The molecule has 66 valence electrons. The molecule has 6 nitrogen and oxygen atoms in total. The van der Waals surface area contributed by atoms with Crippen molar-refractivity contribution in [2.24, 2.45) is 0 Å². The highest BCUT2D eigenvalue weighted by molar-refractivity contribution is 5.31. The van der Waals surface area contributed by atoms with E-state index in [-0.39, 0.29) is 12.3 Å². The SMILES string of the molecule is Cc1c([N+](=O)[O-])cnn1CCO. The standard InChI is InChI=1S/C6H9N3O3/c1-5-6(9(11)12)4-7-8(5)2-3-10/h4,10H,2-3H2,1H3. The molecule has 0 aliphatic rings. The van der Waals surface area contributed by atoms with E-state index in [1.54, 1.807) is 6.92 Å². The molecule has 0 bridgehead atoms. The lowest BCUT2D eigenvalue weighted by atomic mass is 10.4. The van der Waals surface area contributed by atoms with E-state index < -0.39 is 4.92 Å². The predicted molar refractivity (Wildman–Crippen MR) is 40.7 cm³/mol. The van der Waals surface area contributed by atoms with E-state index in [1.807, 2.05) is 0 Å². The van der Waals surface area contributed by atoms with E-state index in [1.165, 1.54) is 10.9 Å². The molecule has 1 heterocycles. The van der Waals surface area contributed by atoms with Crippen molar-refractivity contribution < 1.29 is 10.0 Å². The number of nitro groups is 1. The molecule has 0 atom stereocenters. The Hall–Kier alpha value is -1.43. The summed E-state index contributed by atoms with van der Waals surface area (Å²) in [5.41, 5.74) is 0.456. The van der Waals surface area contributed by atoms with Crippen LogP contribution in [0.1, 0.15) is 5.69 Å². The zero-order chi connectivity index (χ0) is 9.14. The first kappa shape index (κ1) is 8.66. The number of hydrogen-bond acceptors (Lipinski definition) is 4. The molecule has 0 saturated carbocycles. The Balaban J connectivity index is 2.96. The minimum atomic E-state index is -0.490. The first-order valence-corrected chi connectivity index (χ1v) is 3.44. The van der Waals surface area contributed by atoms with Crippen molar-refractivity contribution in [2.75, 3.05) is 6.61 Å². The van der Waals surface area contributed by atoms with Crippen LogP contribution >= 0.6 is 0 Å². The first-order chi connectivity index (χ1) is 5.66. The van der Waals surface area contributed by atoms with Gasteiger partial charge < -0.3 is 5.11 Å². The number of rotatable bonds is 3. The highest BCUT2D eigenvalue weighted by Gasteiger charge is 2.15. The maximum Gasteiger partial charge on any atom is 0.309 e. The molecule has 0 amide bonds. The average Bonchev–Trinajstić information content (AvgIpc) is 2.34. The number of nitrogens with zero attached hydrogens (tertiary/aromatic N) is 3. The van der Waals surface area contributed by atoms with Gasteiger partial charge in [-0.3, -0.25) is 14.8 Å². The summed E-state index contributed by atoms with van der Waals surface area (Å²) in [5.74, 6) is 0. The summed E-state index contributed by atoms with van der Waals surface area (Å²) in [4.78, 5) is 9.84. The molecule has 0 aromatic carbocycles. The molecule has 0 unspecified atom stereocenters. The molecule has 12 heavy (non-hydrogen) atoms. The van der Waals surface area contributed by atoms with Crippen LogP contribution in [-0.4, -0.2) is 26.4 Å². The molecule has 0 fully saturated rings. The third-order valence-corrected chi connectivity index (χ3v) is 1.59. The predicted octanol–water partition coefficient (Wildman–Crippen LogP) is 0.0920. The van der Waals surface area contributed by atoms with Crippen LogP contribution in [0.2, 0.25) is 0 Å². The minimum Gasteiger partial charge on any atom is -0.394 e. The van der Waals surface area contributed by atoms with Crippen molar-refractivity contribution in [1.82, 2.24) is 9.78 Å². The van der Waals surface area contributed by atoms with Crippen molar-refractivity contribution in [3.63, 3.8) is 0 Å². The molecule has 0 aliphatic carbocycles. The Morgan fingerprint density at radius 3 is 2.92 bits per heavy atom. The molecule has 0 saturated heterocycles. The van der Waals surface area contributed by atoms with Gasteiger partial charge in [0.15, 0.2) is 0 Å². The Labute approximate surface area is 68.6 Å². The largest absolute Gasteiger partial charge is 0.394 e. The summed E-state index contributed by atoms with van der Waals surface area (Å²) in [7, 11) is 0. The lowest BCUT2D eigenvalue weighted by Crippen LogP contribution is -2.05. The lowest BCUT2D eigenvalue weighted by molar-refractivity contribution is -0.385. The average molecular weight is 171 g/mol. The topological polar surface area (TPSA) is 81.2 Å². The molecule has 0 spiro atoms. The second-order valence-corrected chi connectivity index (χ2v) is 2.32. The lowest BCUT2D eigenvalue weighted by Gasteiger charge is -1.98. The fourth-order valence-corrected chi connectivity index (χ4v) is 0.936. The summed E-state index contributed by atoms with van der Waals surface area (Å²) >= 11 is 0. The zero-order valence-corrected chi connectivity index (χ0v) is 6.60. The summed E-state index contributed by atoms with van der Waals surface area (Å²) in [5, 5.41) is 22.6. The van der Waals surface area contributed by atoms with Crippen molar-refractivity contribution >= 4 is 5.69 Å². The van der Waals surface area contributed by atoms with Gasteiger partial charge in [0.1, 0.15) is 11.9 Å². The third kappa shape index (κ3) is 1.42. The summed E-state index contributed by atoms with van der Waals surface area (Å²) in [6.07, 6.45) is 1.19. The van der Waals surface area contributed by atoms with Gasteiger partial charge in [0.25, 0.3) is 0 Å². The van der Waals surface area contributed by atoms with Crippen LogP contribution in [0.15, 0.2) is 6.20 Å². The smallest absolute Gasteiger partial charge is 0.309 e. The van der Waals surface area contributed by atoms with Crippen LogP contribution < -0.4 is 0 Å². The number of aliphatic hydroxyl groups is 1. The quantitative estimate of drug-likeness (QED) is 0.516. The maximum atomic E-state index is 10.3. The normalized spacial score (nSPS) is 10.2. The number of hydrogen-bond donors (Lipinski definition) is 1. The Morgan fingerprint density at radius 2 is 2.50 bits per heavy atom. The Morgan fingerprint density at radius 1 is 1.83 bits per heavy atom. The van der Waals surface area contributed by atoms with E-state index >= 15 is 0 Å². The fourth-order valence-electron chi connectivity index (χ4n) is 0.936.